The number of aliphatic carboxylic acids is 1. The summed E-state index contributed by atoms with van der Waals surface area (Å²) in [5.74, 6) is -0.632. The molecule has 0 aliphatic carbocycles. The summed E-state index contributed by atoms with van der Waals surface area (Å²) in [6, 6.07) is 16.1. The number of thioether (sulfide) groups is 2. The van der Waals surface area contributed by atoms with Gasteiger partial charge in [-0.05, 0) is 11.6 Å². The van der Waals surface area contributed by atoms with Gasteiger partial charge < -0.3 is 19.7 Å². The van der Waals surface area contributed by atoms with E-state index in [1.165, 1.54) is 29.9 Å². The quantitative estimate of drug-likeness (QED) is 0.481. The van der Waals surface area contributed by atoms with Gasteiger partial charge in [0.1, 0.15) is 16.2 Å². The van der Waals surface area contributed by atoms with Gasteiger partial charge in [-0.3, -0.25) is 14.4 Å². The number of aromatic nitrogens is 1. The molecule has 0 saturated carbocycles. The van der Waals surface area contributed by atoms with Crippen LogP contribution in [-0.4, -0.2) is 61.2 Å². The van der Waals surface area contributed by atoms with E-state index >= 15 is 0 Å². The average molecular weight is 496 g/mol. The van der Waals surface area contributed by atoms with Gasteiger partial charge in [0, 0.05) is 22.8 Å². The zero-order valence-electron chi connectivity index (χ0n) is 17.9. The van der Waals surface area contributed by atoms with E-state index in [9.17, 15) is 19.5 Å². The van der Waals surface area contributed by atoms with Crippen molar-refractivity contribution in [2.45, 2.75) is 27.5 Å². The van der Waals surface area contributed by atoms with E-state index < -0.39 is 16.8 Å². The maximum Gasteiger partial charge on any atom is 0.322 e. The summed E-state index contributed by atoms with van der Waals surface area (Å²) in [7, 11) is 0. The summed E-state index contributed by atoms with van der Waals surface area (Å²) >= 11 is 2.60. The number of fused-ring (bicyclic) bond motifs is 1. The molecule has 0 bridgehead atoms. The Morgan fingerprint density at radius 2 is 1.97 bits per heavy atom. The molecule has 2 aromatic carbocycles. The number of carbonyl (C=O) groups excluding carboxylic acids is 2. The molecule has 0 spiro atoms. The lowest BCUT2D eigenvalue weighted by molar-refractivity contribution is -0.152. The molecule has 174 valence electrons. The van der Waals surface area contributed by atoms with Crippen LogP contribution in [0.4, 0.5) is 0 Å². The van der Waals surface area contributed by atoms with E-state index in [1.54, 1.807) is 11.1 Å². The Balaban J connectivity index is 1.29. The lowest BCUT2D eigenvalue weighted by Gasteiger charge is -2.53. The van der Waals surface area contributed by atoms with E-state index in [2.05, 4.69) is 10.3 Å². The monoisotopic (exact) mass is 495 g/mol. The first-order valence-electron chi connectivity index (χ1n) is 10.6. The summed E-state index contributed by atoms with van der Waals surface area (Å²) in [6.07, 6.45) is 3.10. The molecule has 2 N–H and O–H groups in total. The minimum atomic E-state index is -1.23. The maximum atomic E-state index is 12.9. The molecule has 2 saturated heterocycles. The number of hydrogen-bond donors (Lipinski definition) is 2. The molecule has 8 nitrogen and oxygen atoms in total. The molecular formula is C24H21N3O5S2. The second-order valence-electron chi connectivity index (χ2n) is 8.14. The van der Waals surface area contributed by atoms with Crippen LogP contribution >= 0.6 is 23.5 Å². The lowest BCUT2D eigenvalue weighted by atomic mass is 10.0. The van der Waals surface area contributed by atoms with Crippen molar-refractivity contribution in [1.29, 1.82) is 0 Å². The molecule has 2 fully saturated rings. The van der Waals surface area contributed by atoms with Crippen molar-refractivity contribution in [1.82, 2.24) is 15.2 Å². The first-order chi connectivity index (χ1) is 16.5. The van der Waals surface area contributed by atoms with E-state index in [0.717, 1.165) is 16.0 Å². The van der Waals surface area contributed by atoms with Crippen molar-refractivity contribution >= 4 is 41.3 Å². The Morgan fingerprint density at radius 1 is 1.21 bits per heavy atom. The number of benzene rings is 2. The number of carboxylic acids is 1. The minimum Gasteiger partial charge on any atom is -0.480 e. The highest BCUT2D eigenvalue weighted by molar-refractivity contribution is 8.05. The fraction of sp³-hybridized carbons (Fsp3) is 0.250. The lowest BCUT2D eigenvalue weighted by Crippen LogP contribution is -2.74. The molecule has 2 aliphatic rings. The highest BCUT2D eigenvalue weighted by Crippen LogP contribution is 2.48. The predicted octanol–water partition coefficient (Wildman–Crippen LogP) is 2.90. The average Bonchev–Trinajstić information content (AvgIpc) is 3.38. The van der Waals surface area contributed by atoms with Gasteiger partial charge in [0.25, 0.3) is 0 Å². The van der Waals surface area contributed by atoms with E-state index in [1.807, 2.05) is 54.6 Å². The van der Waals surface area contributed by atoms with Gasteiger partial charge in [-0.2, -0.15) is 0 Å². The number of nitrogens with one attached hydrogen (secondary N) is 1. The summed E-state index contributed by atoms with van der Waals surface area (Å²) in [5, 5.41) is 12.7. The van der Waals surface area contributed by atoms with E-state index in [-0.39, 0.29) is 35.9 Å². The zero-order valence-corrected chi connectivity index (χ0v) is 19.6. The maximum absolute atomic E-state index is 12.9. The summed E-state index contributed by atoms with van der Waals surface area (Å²) in [4.78, 5) is 44.0. The summed E-state index contributed by atoms with van der Waals surface area (Å²) in [6.45, 7) is 0.0549. The third-order valence-electron chi connectivity index (χ3n) is 5.86. The number of amides is 2. The van der Waals surface area contributed by atoms with Crippen LogP contribution in [0.5, 0.6) is 0 Å². The van der Waals surface area contributed by atoms with Gasteiger partial charge in [0.05, 0.1) is 12.6 Å². The molecule has 2 amide bonds. The molecule has 0 radical (unpaired) electrons. The normalized spacial score (nSPS) is 23.6. The van der Waals surface area contributed by atoms with Gasteiger partial charge in [-0.1, -0.05) is 48.5 Å². The molecule has 1 unspecified atom stereocenters. The number of β-lactam (4-membered cyclic amide) rings is 1. The predicted molar refractivity (Wildman–Crippen MR) is 128 cm³/mol. The van der Waals surface area contributed by atoms with Crippen LogP contribution in [0.25, 0.3) is 11.3 Å². The van der Waals surface area contributed by atoms with Crippen LogP contribution in [0.15, 0.2) is 76.5 Å². The highest BCUT2D eigenvalue weighted by atomic mass is 32.2. The van der Waals surface area contributed by atoms with Crippen molar-refractivity contribution in [2.24, 2.45) is 0 Å². The Kier molecular flexibility index (Phi) is 6.09. The molecule has 3 aromatic rings. The number of nitrogens with zero attached hydrogens (tertiary/aromatic N) is 2. The molecule has 2 aliphatic heterocycles. The smallest absolute Gasteiger partial charge is 0.322 e. The number of oxazole rings is 1. The fourth-order valence-corrected chi connectivity index (χ4v) is 7.08. The van der Waals surface area contributed by atoms with Crippen molar-refractivity contribution in [3.8, 4) is 11.3 Å². The first kappa shape index (κ1) is 22.5. The molecule has 34 heavy (non-hydrogen) atoms. The van der Waals surface area contributed by atoms with Gasteiger partial charge in [0.2, 0.25) is 11.8 Å². The van der Waals surface area contributed by atoms with Crippen molar-refractivity contribution in [3.63, 3.8) is 0 Å². The van der Waals surface area contributed by atoms with Crippen LogP contribution in [-0.2, 0) is 20.8 Å². The second-order valence-corrected chi connectivity index (χ2v) is 10.7. The van der Waals surface area contributed by atoms with Gasteiger partial charge >= 0.3 is 5.97 Å². The summed E-state index contributed by atoms with van der Waals surface area (Å²) in [5.41, 5.74) is 1.62. The molecule has 1 aromatic heterocycles. The number of hydrogen-bond acceptors (Lipinski definition) is 7. The standard InChI is InChI=1S/C24H21N3O5S2/c28-19(10-15-6-2-1-3-7-15)26-20-21(29)27-12-24(23(30)31,13-33-22(20)27)34-18-9-5-4-8-16(18)17-11-25-14-32-17/h1-9,11,14,20,22H,10,12-13H2,(H,26,28)(H,30,31)/t20-,22-,24?/m1/s1. The largest absolute Gasteiger partial charge is 0.480 e. The summed E-state index contributed by atoms with van der Waals surface area (Å²) < 4.78 is 4.19. The van der Waals surface area contributed by atoms with Crippen LogP contribution in [0.3, 0.4) is 0 Å². The Hall–Kier alpha value is -3.24. The van der Waals surface area contributed by atoms with Crippen molar-refractivity contribution < 1.29 is 23.9 Å². The van der Waals surface area contributed by atoms with Gasteiger partial charge in [0.15, 0.2) is 12.2 Å². The van der Waals surface area contributed by atoms with E-state index in [4.69, 9.17) is 4.42 Å². The zero-order chi connectivity index (χ0) is 23.7. The number of carbonyl (C=O) groups is 3. The van der Waals surface area contributed by atoms with Gasteiger partial charge in [-0.15, -0.1) is 23.5 Å². The molecule has 5 rings (SSSR count). The third-order valence-corrected chi connectivity index (χ3v) is 8.98. The Morgan fingerprint density at radius 3 is 2.71 bits per heavy atom. The third kappa shape index (κ3) is 4.19. The van der Waals surface area contributed by atoms with Crippen LogP contribution in [0.2, 0.25) is 0 Å². The van der Waals surface area contributed by atoms with E-state index in [0.29, 0.717) is 5.76 Å². The molecular weight excluding hydrogens is 474 g/mol. The first-order valence-corrected chi connectivity index (χ1v) is 12.5. The number of carboxylic acid groups (broad SMARTS) is 1. The SMILES string of the molecule is O=C(Cc1ccccc1)N[C@@H]1C(=O)N2CC(Sc3ccccc3-c3cnco3)(C(=O)O)CS[C@H]12. The van der Waals surface area contributed by atoms with Crippen LogP contribution in [0, 0.1) is 0 Å². The Bertz CT molecular complexity index is 1220. The fourth-order valence-electron chi connectivity index (χ4n) is 4.11. The topological polar surface area (TPSA) is 113 Å². The van der Waals surface area contributed by atoms with Crippen LogP contribution in [0.1, 0.15) is 5.56 Å². The van der Waals surface area contributed by atoms with Gasteiger partial charge in [-0.25, -0.2) is 4.98 Å². The number of rotatable bonds is 7. The van der Waals surface area contributed by atoms with Crippen LogP contribution < -0.4 is 5.32 Å². The molecule has 3 heterocycles. The second kappa shape index (κ2) is 9.19. The molecule has 10 heteroatoms. The Labute approximate surface area is 204 Å². The molecule has 3 atom stereocenters. The van der Waals surface area contributed by atoms with Crippen molar-refractivity contribution in [2.75, 3.05) is 12.3 Å². The highest BCUT2D eigenvalue weighted by Gasteiger charge is 2.58. The van der Waals surface area contributed by atoms with Crippen molar-refractivity contribution in [3.05, 3.63) is 72.8 Å². The minimum absolute atomic E-state index is 0.0549.